The molecule has 0 aliphatic heterocycles. The predicted molar refractivity (Wildman–Crippen MR) is 291 cm³/mol. The van der Waals surface area contributed by atoms with Gasteiger partial charge in [0.15, 0.2) is 11.6 Å². The van der Waals surface area contributed by atoms with E-state index in [9.17, 15) is 66.6 Å². The van der Waals surface area contributed by atoms with Gasteiger partial charge in [0.05, 0.1) is 34.9 Å². The number of benzene rings is 4. The molecule has 0 saturated heterocycles. The molecule has 0 spiro atoms. The summed E-state index contributed by atoms with van der Waals surface area (Å²) in [6.07, 6.45) is -1.18. The number of aliphatic hydroxyl groups is 4. The van der Waals surface area contributed by atoms with Gasteiger partial charge in [0.2, 0.25) is 0 Å². The van der Waals surface area contributed by atoms with E-state index in [1.807, 2.05) is 12.1 Å². The van der Waals surface area contributed by atoms with Gasteiger partial charge in [0.1, 0.15) is 0 Å². The van der Waals surface area contributed by atoms with E-state index < -0.39 is 47.2 Å². The third kappa shape index (κ3) is 30.8. The number of hydrogen-bond donors (Lipinski definition) is 4. The fourth-order valence-electron chi connectivity index (χ4n) is 5.57. The first kappa shape index (κ1) is 84.6. The van der Waals surface area contributed by atoms with Crippen molar-refractivity contribution in [3.05, 3.63) is 228 Å². The van der Waals surface area contributed by atoms with Crippen LogP contribution in [0.15, 0.2) is 214 Å². The number of aliphatic hydroxyl groups excluding tert-OH is 4. The number of allylic oxidation sites excluding steroid dienone is 4. The molecule has 0 saturated carbocycles. The topological polar surface area (TPSA) is 420 Å². The number of ketones is 2. The second-order valence-corrected chi connectivity index (χ2v) is 14.4. The molecule has 2 radical (unpaired) electrons. The zero-order valence-corrected chi connectivity index (χ0v) is 49.2. The fourth-order valence-corrected chi connectivity index (χ4v) is 5.57. The van der Waals surface area contributed by atoms with E-state index in [1.165, 1.54) is 97.9 Å². The van der Waals surface area contributed by atoms with Gasteiger partial charge in [-0.2, -0.15) is 46.7 Å². The average molecular weight is 1500 g/mol. The Morgan fingerprint density at radius 2 is 0.733 bits per heavy atom. The van der Waals surface area contributed by atoms with Crippen LogP contribution in [0.3, 0.4) is 0 Å². The van der Waals surface area contributed by atoms with Crippen LogP contribution in [0.5, 0.6) is 11.5 Å². The van der Waals surface area contributed by atoms with Crippen LogP contribution in [-0.2, 0) is 11.0 Å². The normalized spacial score (nSPS) is 10.9. The number of halogens is 6. The van der Waals surface area contributed by atoms with E-state index >= 15 is 0 Å². The minimum absolute atomic E-state index is 0. The van der Waals surface area contributed by atoms with Gasteiger partial charge in [-0.3, -0.25) is 19.6 Å². The number of nitrogens with zero attached hydrogens (tertiary/aromatic N) is 8. The number of alkyl halides is 6. The summed E-state index contributed by atoms with van der Waals surface area (Å²) in [7, 11) is 4.00. The molecular weight excluding hydrogens is 1450 g/mol. The number of carbonyl (C=O) groups is 2. The van der Waals surface area contributed by atoms with Crippen molar-refractivity contribution in [2.45, 2.75) is 12.4 Å². The Kier molecular flexibility index (Phi) is 45.7. The van der Waals surface area contributed by atoms with Crippen molar-refractivity contribution < 1.29 is 174 Å². The molecule has 462 valence electrons. The van der Waals surface area contributed by atoms with Crippen molar-refractivity contribution in [3.63, 3.8) is 0 Å². The molecule has 4 aromatic heterocycles. The van der Waals surface area contributed by atoms with Gasteiger partial charge >= 0.3 is 88.7 Å². The molecule has 22 nitrogen and oxygen atoms in total. The largest absolute Gasteiger partial charge is 3.00 e. The number of para-hydroxylation sites is 2. The van der Waals surface area contributed by atoms with Crippen LogP contribution >= 0.6 is 0 Å². The summed E-state index contributed by atoms with van der Waals surface area (Å²) >= 11 is 0. The number of aromatic nitrogens is 4. The molecule has 86 heavy (non-hydrogen) atoms. The van der Waals surface area contributed by atoms with Crippen LogP contribution in [0, 0.1) is 76.3 Å². The number of hydrogen-bond acceptors (Lipinski definition) is 20. The molecule has 0 amide bonds. The summed E-state index contributed by atoms with van der Waals surface area (Å²) in [5, 5.41) is 112. The van der Waals surface area contributed by atoms with Crippen molar-refractivity contribution in [3.8, 4) is 11.5 Å². The van der Waals surface area contributed by atoms with E-state index in [-0.39, 0.29) is 122 Å². The van der Waals surface area contributed by atoms with Crippen LogP contribution in [0.25, 0.3) is 21.8 Å². The summed E-state index contributed by atoms with van der Waals surface area (Å²) in [5.41, 5.74) is 2.56. The van der Waals surface area contributed by atoms with E-state index in [2.05, 4.69) is 40.3 Å². The van der Waals surface area contributed by atoms with Crippen molar-refractivity contribution in [1.29, 1.82) is 0 Å². The molecule has 0 unspecified atom stereocenters. The zero-order chi connectivity index (χ0) is 61.7. The van der Waals surface area contributed by atoms with Gasteiger partial charge in [-0.25, -0.2) is 9.97 Å². The van der Waals surface area contributed by atoms with Crippen molar-refractivity contribution >= 4 is 57.6 Å². The third-order valence-electron chi connectivity index (χ3n) is 9.14. The number of fused-ring (bicyclic) bond motifs is 2. The summed E-state index contributed by atoms with van der Waals surface area (Å²) < 4.78 is 70.8. The Bertz CT molecular complexity index is 3170. The standard InChI is InChI=1S/2C16H12N4O2.2C10H7F3O2.4CH4O.2Dy.2H2O/c2*21-14-3-1-2-11-4-5-13(19-15(11)14)10-18-20-16(22)12-6-8-17-9-7-12;2*11-10(12,13)9(15)6-8(14)7-4-2-1-3-5-7;4*1-2;;;;/h2*1-10,21H,(H,20,22);2*1-6,15H;4*2H,1H3;;;2*1H2/q;;;;;;;;2*+3;;/p-4/b2*18-10+;2*9-6-;;;;;;;;. The van der Waals surface area contributed by atoms with Gasteiger partial charge in [-0.05, 0) is 82.0 Å². The van der Waals surface area contributed by atoms with Crippen molar-refractivity contribution in [1.82, 2.24) is 19.9 Å². The smallest absolute Gasteiger partial charge is 0.871 e. The van der Waals surface area contributed by atoms with Gasteiger partial charge in [-0.1, -0.05) is 121 Å². The van der Waals surface area contributed by atoms with E-state index in [4.69, 9.17) is 20.4 Å². The molecule has 30 heteroatoms. The summed E-state index contributed by atoms with van der Waals surface area (Å²) in [6.45, 7) is 0. The molecule has 4 aromatic carbocycles. The molecule has 8 aromatic rings. The predicted octanol–water partition coefficient (Wildman–Crippen LogP) is 1.63. The Hall–Kier alpha value is -7.81. The van der Waals surface area contributed by atoms with Crippen LogP contribution in [0.2, 0.25) is 0 Å². The van der Waals surface area contributed by atoms with Gasteiger partial charge < -0.3 is 62.0 Å². The third-order valence-corrected chi connectivity index (χ3v) is 9.14. The van der Waals surface area contributed by atoms with Crippen LogP contribution in [0.4, 0.5) is 26.3 Å². The fraction of sp³-hybridized carbons (Fsp3) is 0.107. The maximum atomic E-state index is 11.8. The quantitative estimate of drug-likeness (QED) is 0.0221. The summed E-state index contributed by atoms with van der Waals surface area (Å²) in [5.74, 6) is -7.42. The van der Waals surface area contributed by atoms with E-state index in [0.29, 0.717) is 33.5 Å². The second-order valence-electron chi connectivity index (χ2n) is 14.4. The van der Waals surface area contributed by atoms with E-state index in [0.717, 1.165) is 39.2 Å². The van der Waals surface area contributed by atoms with Crippen LogP contribution in [0.1, 0.15) is 43.2 Å². The average Bonchev–Trinajstić information content (AvgIpc) is 3.22. The first-order chi connectivity index (χ1) is 39.3. The van der Waals surface area contributed by atoms with Crippen LogP contribution in [-0.4, -0.2) is 117 Å². The SMILES string of the molecule is CO.CO.CO.CO.O=C(/C=C(\[O-])C(F)(F)F)c1ccccc1.O=C(/C=C(\[O-])C(F)(F)F)c1ccccc1.[Dy+3].[Dy+3].[O-]/C(=N\N=C\c1ccc2cccc([O-])c2n1)c1ccncc1.[O-]/C(=N\N=C\c1ccc2cccc([O-])c2n1)c1ccncc1.[OH3+].[OH3+]. The molecule has 0 atom stereocenters. The van der Waals surface area contributed by atoms with Crippen LogP contribution < -0.4 is 30.6 Å². The Balaban J connectivity index is -0.000000500. The first-order valence-electron chi connectivity index (χ1n) is 22.7. The second kappa shape index (κ2) is 46.5. The van der Waals surface area contributed by atoms with Gasteiger partial charge in [-0.15, -0.1) is 0 Å². The van der Waals surface area contributed by atoms with Crippen molar-refractivity contribution in [2.75, 3.05) is 28.4 Å². The first-order valence-corrected chi connectivity index (χ1v) is 22.7. The van der Waals surface area contributed by atoms with Crippen molar-refractivity contribution in [2.24, 2.45) is 20.4 Å². The molecule has 0 aliphatic rings. The molecule has 10 N–H and O–H groups in total. The molecule has 0 bridgehead atoms. The molecule has 4 heterocycles. The van der Waals surface area contributed by atoms with E-state index in [1.54, 1.807) is 72.8 Å². The Morgan fingerprint density at radius 3 is 1.02 bits per heavy atom. The number of pyridine rings is 4. The minimum atomic E-state index is -5.00. The summed E-state index contributed by atoms with van der Waals surface area (Å²) in [6, 6.07) is 37.6. The zero-order valence-electron chi connectivity index (χ0n) is 45.2. The Labute approximate surface area is 547 Å². The number of carbonyl (C=O) groups excluding carboxylic acids is 2. The maximum Gasteiger partial charge on any atom is 3.00 e. The summed E-state index contributed by atoms with van der Waals surface area (Å²) in [4.78, 5) is 38.3. The minimum Gasteiger partial charge on any atom is -0.871 e. The molecule has 8 rings (SSSR count). The van der Waals surface area contributed by atoms with Gasteiger partial charge in [0, 0.05) is 76.1 Å². The molecular formula is C56H54Dy2F6N8O14+2. The maximum absolute atomic E-state index is 11.8. The van der Waals surface area contributed by atoms with Gasteiger partial charge in [0.25, 0.3) is 0 Å². The Morgan fingerprint density at radius 1 is 0.430 bits per heavy atom. The molecule has 0 fully saturated rings. The molecule has 0 aliphatic carbocycles. The number of rotatable bonds is 10. The monoisotopic (exact) mass is 1500 g/mol.